The van der Waals surface area contributed by atoms with Crippen molar-refractivity contribution in [1.82, 2.24) is 0 Å². The fourth-order valence-corrected chi connectivity index (χ4v) is 1.28. The van der Waals surface area contributed by atoms with Crippen molar-refractivity contribution in [2.24, 2.45) is 9.98 Å². The zero-order valence-corrected chi connectivity index (χ0v) is 12.3. The fraction of sp³-hybridized carbons (Fsp3) is 0.538. The molecule has 0 aromatic carbocycles. The van der Waals surface area contributed by atoms with Crippen LogP contribution in [0.1, 0.15) is 34.1 Å². The molecule has 0 spiro atoms. The van der Waals surface area contributed by atoms with E-state index in [0.29, 0.717) is 13.1 Å². The minimum atomic E-state index is 0. The van der Waals surface area contributed by atoms with Crippen LogP contribution < -0.4 is 0 Å². The first-order valence-electron chi connectivity index (χ1n) is 5.68. The van der Waals surface area contributed by atoms with E-state index in [1.165, 1.54) is 0 Å². The Kier molecular flexibility index (Phi) is 11.8. The number of hydrogen-bond acceptors (Lipinski definition) is 4. The van der Waals surface area contributed by atoms with Crippen molar-refractivity contribution in [3.63, 3.8) is 0 Å². The molecule has 2 N–H and O–H groups in total. The average molecular weight is 302 g/mol. The third kappa shape index (κ3) is 13.0. The predicted octanol–water partition coefficient (Wildman–Crippen LogP) is 3.22. The standard InChI is InChI=1S/C13H22N2O2.Cu/c1-10(8-12(3)16)14-6-5-7-15-11(2)9-13(4)17;/h8-9,16-17H,5-7H2,1-4H3;. The van der Waals surface area contributed by atoms with Crippen LogP contribution in [0.2, 0.25) is 0 Å². The fourth-order valence-electron chi connectivity index (χ4n) is 1.28. The van der Waals surface area contributed by atoms with E-state index in [9.17, 15) is 0 Å². The molecule has 0 rings (SSSR count). The number of hydrogen-bond donors (Lipinski definition) is 2. The van der Waals surface area contributed by atoms with Crippen LogP contribution in [0.15, 0.2) is 33.7 Å². The second-order valence-corrected chi connectivity index (χ2v) is 3.97. The first-order valence-corrected chi connectivity index (χ1v) is 5.68. The van der Waals surface area contributed by atoms with Crippen LogP contribution in [0, 0.1) is 0 Å². The van der Waals surface area contributed by atoms with Gasteiger partial charge in [-0.15, -0.1) is 0 Å². The number of allylic oxidation sites excluding steroid dienone is 4. The number of aliphatic imine (C=N–C) groups is 2. The molecule has 0 fully saturated rings. The van der Waals surface area contributed by atoms with Crippen molar-refractivity contribution in [3.8, 4) is 0 Å². The molecule has 0 aliphatic carbocycles. The molecule has 1 radical (unpaired) electrons. The van der Waals surface area contributed by atoms with E-state index in [1.807, 2.05) is 13.8 Å². The zero-order chi connectivity index (χ0) is 13.3. The quantitative estimate of drug-likeness (QED) is 0.342. The maximum atomic E-state index is 9.01. The molecule has 5 heteroatoms. The first kappa shape index (κ1) is 19.3. The van der Waals surface area contributed by atoms with Crippen molar-refractivity contribution in [2.45, 2.75) is 34.1 Å². The second kappa shape index (κ2) is 11.1. The molecular formula is C13H22CuN2O2. The van der Waals surface area contributed by atoms with Crippen molar-refractivity contribution >= 4 is 11.4 Å². The summed E-state index contributed by atoms with van der Waals surface area (Å²) in [7, 11) is 0. The normalized spacial score (nSPS) is 14.4. The van der Waals surface area contributed by atoms with Gasteiger partial charge in [0.25, 0.3) is 0 Å². The molecule has 0 aromatic rings. The van der Waals surface area contributed by atoms with Crippen molar-refractivity contribution in [2.75, 3.05) is 13.1 Å². The van der Waals surface area contributed by atoms with E-state index < -0.39 is 0 Å². The predicted molar refractivity (Wildman–Crippen MR) is 73.3 cm³/mol. The molecule has 4 nitrogen and oxygen atoms in total. The van der Waals surface area contributed by atoms with Crippen LogP contribution in [0.5, 0.6) is 0 Å². The van der Waals surface area contributed by atoms with E-state index in [1.54, 1.807) is 26.0 Å². The van der Waals surface area contributed by atoms with Gasteiger partial charge in [0, 0.05) is 41.6 Å². The van der Waals surface area contributed by atoms with Crippen LogP contribution in [0.4, 0.5) is 0 Å². The average Bonchev–Trinajstić information content (AvgIpc) is 2.14. The van der Waals surface area contributed by atoms with Crippen molar-refractivity contribution < 1.29 is 27.3 Å². The third-order valence-electron chi connectivity index (χ3n) is 1.87. The van der Waals surface area contributed by atoms with Crippen LogP contribution in [0.25, 0.3) is 0 Å². The molecule has 0 amide bonds. The van der Waals surface area contributed by atoms with Crippen LogP contribution in [-0.4, -0.2) is 34.7 Å². The maximum absolute atomic E-state index is 9.01. The van der Waals surface area contributed by atoms with Gasteiger partial charge in [0.05, 0.1) is 11.5 Å². The van der Waals surface area contributed by atoms with Gasteiger partial charge in [-0.3, -0.25) is 9.98 Å². The zero-order valence-electron chi connectivity index (χ0n) is 11.4. The Labute approximate surface area is 120 Å². The Morgan fingerprint density at radius 1 is 0.833 bits per heavy atom. The van der Waals surface area contributed by atoms with Gasteiger partial charge < -0.3 is 10.2 Å². The summed E-state index contributed by atoms with van der Waals surface area (Å²) in [5, 5.41) is 18.0. The largest absolute Gasteiger partial charge is 0.513 e. The van der Waals surface area contributed by atoms with E-state index in [2.05, 4.69) is 9.98 Å². The van der Waals surface area contributed by atoms with Crippen LogP contribution in [0.3, 0.4) is 0 Å². The summed E-state index contributed by atoms with van der Waals surface area (Å²) in [6.45, 7) is 8.33. The van der Waals surface area contributed by atoms with Gasteiger partial charge in [-0.25, -0.2) is 0 Å². The van der Waals surface area contributed by atoms with E-state index in [4.69, 9.17) is 10.2 Å². The summed E-state index contributed by atoms with van der Waals surface area (Å²) in [6, 6.07) is 0. The maximum Gasteiger partial charge on any atom is 0.0909 e. The molecule has 18 heavy (non-hydrogen) atoms. The Balaban J connectivity index is 0. The molecule has 0 aliphatic rings. The van der Waals surface area contributed by atoms with Gasteiger partial charge in [-0.05, 0) is 46.3 Å². The van der Waals surface area contributed by atoms with Gasteiger partial charge in [-0.2, -0.15) is 0 Å². The Bertz CT molecular complexity index is 316. The van der Waals surface area contributed by atoms with Gasteiger partial charge in [0.2, 0.25) is 0 Å². The molecular weight excluding hydrogens is 280 g/mol. The molecule has 0 atom stereocenters. The molecule has 0 bridgehead atoms. The molecule has 0 saturated carbocycles. The first-order chi connectivity index (χ1) is 7.91. The van der Waals surface area contributed by atoms with E-state index >= 15 is 0 Å². The summed E-state index contributed by atoms with van der Waals surface area (Å²) >= 11 is 0. The SMILES string of the molecule is CC(O)=CC(C)=NCCCN=C(C)C=C(C)O.[Cu]. The van der Waals surface area contributed by atoms with Gasteiger partial charge in [0.15, 0.2) is 0 Å². The van der Waals surface area contributed by atoms with E-state index in [-0.39, 0.29) is 28.6 Å². The minimum Gasteiger partial charge on any atom is -0.513 e. The van der Waals surface area contributed by atoms with Gasteiger partial charge in [-0.1, -0.05) is 0 Å². The summed E-state index contributed by atoms with van der Waals surface area (Å²) in [4.78, 5) is 8.54. The summed E-state index contributed by atoms with van der Waals surface area (Å²) in [5.41, 5.74) is 1.63. The molecule has 0 unspecified atom stereocenters. The number of nitrogens with zero attached hydrogens (tertiary/aromatic N) is 2. The molecule has 0 saturated heterocycles. The third-order valence-corrected chi connectivity index (χ3v) is 1.87. The Hall–Kier alpha value is -1.06. The number of aliphatic hydroxyl groups excluding tert-OH is 2. The Morgan fingerprint density at radius 2 is 1.17 bits per heavy atom. The molecule has 0 aromatic heterocycles. The van der Waals surface area contributed by atoms with Crippen molar-refractivity contribution in [3.05, 3.63) is 23.7 Å². The van der Waals surface area contributed by atoms with Crippen LogP contribution in [-0.2, 0) is 17.1 Å². The van der Waals surface area contributed by atoms with Crippen molar-refractivity contribution in [1.29, 1.82) is 0 Å². The number of rotatable bonds is 6. The van der Waals surface area contributed by atoms with E-state index in [0.717, 1.165) is 17.8 Å². The second-order valence-electron chi connectivity index (χ2n) is 3.97. The molecule has 107 valence electrons. The summed E-state index contributed by atoms with van der Waals surface area (Å²) in [5.74, 6) is 0.535. The monoisotopic (exact) mass is 301 g/mol. The van der Waals surface area contributed by atoms with Crippen LogP contribution >= 0.6 is 0 Å². The molecule has 0 heterocycles. The molecule has 0 aliphatic heterocycles. The topological polar surface area (TPSA) is 65.2 Å². The smallest absolute Gasteiger partial charge is 0.0909 e. The number of aliphatic hydroxyl groups is 2. The van der Waals surface area contributed by atoms with Gasteiger partial charge in [0.1, 0.15) is 0 Å². The summed E-state index contributed by atoms with van der Waals surface area (Å²) in [6.07, 6.45) is 4.12. The summed E-state index contributed by atoms with van der Waals surface area (Å²) < 4.78 is 0. The Morgan fingerprint density at radius 3 is 1.44 bits per heavy atom. The minimum absolute atomic E-state index is 0. The van der Waals surface area contributed by atoms with Gasteiger partial charge >= 0.3 is 0 Å².